The van der Waals surface area contributed by atoms with Gasteiger partial charge in [0.1, 0.15) is 5.84 Å². The maximum absolute atomic E-state index is 12.6. The van der Waals surface area contributed by atoms with E-state index in [1.807, 2.05) is 34.5 Å². The maximum Gasteiger partial charge on any atom is 0.241 e. The van der Waals surface area contributed by atoms with Crippen LogP contribution in [-0.4, -0.2) is 42.8 Å². The van der Waals surface area contributed by atoms with Crippen molar-refractivity contribution in [3.05, 3.63) is 46.2 Å². The van der Waals surface area contributed by atoms with Crippen molar-refractivity contribution >= 4 is 59.3 Å². The molecular formula is C19H24Cl2N4OS. The average molecular weight is 427 g/mol. The van der Waals surface area contributed by atoms with Crippen LogP contribution in [0.4, 0.5) is 11.4 Å². The first kappa shape index (κ1) is 21.7. The van der Waals surface area contributed by atoms with Gasteiger partial charge >= 0.3 is 0 Å². The Labute approximate surface area is 176 Å². The molecule has 0 unspecified atom stereocenters. The molecule has 1 fully saturated rings. The molecule has 1 amide bonds. The number of nitrogens with two attached hydrogens (primary N) is 1. The van der Waals surface area contributed by atoms with Crippen LogP contribution in [0.1, 0.15) is 23.3 Å². The number of aliphatic imine (C=N–C) groups is 1. The number of nitrogens with zero attached hydrogens (tertiary/aromatic N) is 3. The van der Waals surface area contributed by atoms with Gasteiger partial charge in [-0.2, -0.15) is 0 Å². The number of carbonyl (C=O) groups is 1. The molecule has 5 nitrogen and oxygen atoms in total. The van der Waals surface area contributed by atoms with Gasteiger partial charge in [0.2, 0.25) is 5.91 Å². The molecule has 4 rings (SSSR count). The first-order valence-corrected chi connectivity index (χ1v) is 9.62. The molecule has 2 N–H and O–H groups in total. The second-order valence-corrected chi connectivity index (χ2v) is 7.51. The lowest BCUT2D eigenvalue weighted by molar-refractivity contribution is -0.119. The van der Waals surface area contributed by atoms with Crippen LogP contribution in [0.25, 0.3) is 0 Å². The number of likely N-dealkylation sites (tertiary alicyclic amines) is 1. The number of anilines is 1. The highest BCUT2D eigenvalue weighted by Crippen LogP contribution is 2.32. The lowest BCUT2D eigenvalue weighted by atomic mass is 10.1. The lowest BCUT2D eigenvalue weighted by Crippen LogP contribution is -2.38. The van der Waals surface area contributed by atoms with E-state index in [4.69, 9.17) is 5.73 Å². The third kappa shape index (κ3) is 4.82. The van der Waals surface area contributed by atoms with Gasteiger partial charge in [-0.3, -0.25) is 9.69 Å². The SMILES string of the molecule is Cl.Cl.NC(=Nc1ccc2c(c1)CCN2C(=O)CN1CCCC1)c1cccs1. The lowest BCUT2D eigenvalue weighted by Gasteiger charge is -2.21. The Balaban J connectivity index is 0.00000131. The summed E-state index contributed by atoms with van der Waals surface area (Å²) in [7, 11) is 0. The molecule has 2 aromatic rings. The standard InChI is InChI=1S/C19H22N4OS.2ClH/c20-19(17-4-3-11-25-17)21-15-5-6-16-14(12-15)7-10-23(16)18(24)13-22-8-1-2-9-22;;/h3-6,11-12H,1-2,7-10,13H2,(H2,20,21);2*1H. The summed E-state index contributed by atoms with van der Waals surface area (Å²) in [6.07, 6.45) is 3.29. The Morgan fingerprint density at radius 2 is 1.93 bits per heavy atom. The second-order valence-electron chi connectivity index (χ2n) is 6.57. The molecule has 3 heterocycles. The monoisotopic (exact) mass is 426 g/mol. The highest BCUT2D eigenvalue weighted by molar-refractivity contribution is 7.12. The number of halogens is 2. The van der Waals surface area contributed by atoms with Crippen LogP contribution >= 0.6 is 36.2 Å². The summed E-state index contributed by atoms with van der Waals surface area (Å²) in [5, 5.41) is 1.99. The van der Waals surface area contributed by atoms with Crippen molar-refractivity contribution in [2.24, 2.45) is 10.7 Å². The van der Waals surface area contributed by atoms with Crippen LogP contribution in [0, 0.1) is 0 Å². The summed E-state index contributed by atoms with van der Waals surface area (Å²) in [6.45, 7) is 3.38. The fraction of sp³-hybridized carbons (Fsp3) is 0.368. The predicted molar refractivity (Wildman–Crippen MR) is 117 cm³/mol. The zero-order valence-corrected chi connectivity index (χ0v) is 17.4. The van der Waals surface area contributed by atoms with Gasteiger partial charge in [-0.05, 0) is 67.6 Å². The van der Waals surface area contributed by atoms with E-state index in [2.05, 4.69) is 16.0 Å². The van der Waals surface area contributed by atoms with Gasteiger partial charge < -0.3 is 10.6 Å². The maximum atomic E-state index is 12.6. The molecule has 1 aromatic heterocycles. The van der Waals surface area contributed by atoms with Gasteiger partial charge in [0.15, 0.2) is 0 Å². The normalized spacial score (nSPS) is 16.6. The minimum atomic E-state index is 0. The summed E-state index contributed by atoms with van der Waals surface area (Å²) in [5.41, 5.74) is 9.12. The highest BCUT2D eigenvalue weighted by Gasteiger charge is 2.26. The summed E-state index contributed by atoms with van der Waals surface area (Å²) in [4.78, 5) is 22.3. The minimum absolute atomic E-state index is 0. The number of carbonyl (C=O) groups excluding carboxylic acids is 1. The quantitative estimate of drug-likeness (QED) is 0.599. The summed E-state index contributed by atoms with van der Waals surface area (Å²) < 4.78 is 0. The van der Waals surface area contributed by atoms with Crippen LogP contribution in [0.5, 0.6) is 0 Å². The molecule has 1 aromatic carbocycles. The van der Waals surface area contributed by atoms with Gasteiger partial charge in [-0.25, -0.2) is 4.99 Å². The number of rotatable bonds is 4. The number of thiophene rings is 1. The van der Waals surface area contributed by atoms with Gasteiger partial charge in [-0.15, -0.1) is 36.2 Å². The molecule has 0 saturated carbocycles. The van der Waals surface area contributed by atoms with E-state index in [9.17, 15) is 4.79 Å². The van der Waals surface area contributed by atoms with Gasteiger partial charge in [-0.1, -0.05) is 6.07 Å². The van der Waals surface area contributed by atoms with E-state index < -0.39 is 0 Å². The molecule has 27 heavy (non-hydrogen) atoms. The van der Waals surface area contributed by atoms with Crippen molar-refractivity contribution in [2.75, 3.05) is 31.1 Å². The van der Waals surface area contributed by atoms with E-state index in [0.717, 1.165) is 42.3 Å². The number of hydrogen-bond acceptors (Lipinski definition) is 4. The summed E-state index contributed by atoms with van der Waals surface area (Å²) in [6, 6.07) is 9.94. The molecule has 0 aliphatic carbocycles. The Hall–Kier alpha value is -1.60. The average Bonchev–Trinajstić information content (AvgIpc) is 3.35. The smallest absolute Gasteiger partial charge is 0.241 e. The van der Waals surface area contributed by atoms with E-state index in [-0.39, 0.29) is 30.7 Å². The van der Waals surface area contributed by atoms with Gasteiger partial charge in [0.05, 0.1) is 17.1 Å². The predicted octanol–water partition coefficient (Wildman–Crippen LogP) is 3.61. The second kappa shape index (κ2) is 9.55. The van der Waals surface area contributed by atoms with Crippen LogP contribution in [0.15, 0.2) is 40.7 Å². The van der Waals surface area contributed by atoms with Crippen molar-refractivity contribution in [1.82, 2.24) is 4.90 Å². The summed E-state index contributed by atoms with van der Waals surface area (Å²) in [5.74, 6) is 0.741. The topological polar surface area (TPSA) is 61.9 Å². The highest BCUT2D eigenvalue weighted by atomic mass is 35.5. The van der Waals surface area contributed by atoms with Crippen molar-refractivity contribution in [3.8, 4) is 0 Å². The zero-order chi connectivity index (χ0) is 17.2. The van der Waals surface area contributed by atoms with Crippen molar-refractivity contribution in [2.45, 2.75) is 19.3 Å². The minimum Gasteiger partial charge on any atom is -0.383 e. The number of amides is 1. The van der Waals surface area contributed by atoms with E-state index in [1.54, 1.807) is 11.3 Å². The van der Waals surface area contributed by atoms with Crippen LogP contribution in [0.2, 0.25) is 0 Å². The van der Waals surface area contributed by atoms with E-state index in [1.165, 1.54) is 18.4 Å². The molecule has 0 bridgehead atoms. The van der Waals surface area contributed by atoms with Gasteiger partial charge in [0.25, 0.3) is 0 Å². The van der Waals surface area contributed by atoms with Crippen LogP contribution in [0.3, 0.4) is 0 Å². The number of fused-ring (bicyclic) bond motifs is 1. The molecule has 0 radical (unpaired) electrons. The Bertz CT molecular complexity index is 804. The molecule has 0 atom stereocenters. The fourth-order valence-corrected chi connectivity index (χ4v) is 4.18. The molecule has 0 spiro atoms. The zero-order valence-electron chi connectivity index (χ0n) is 15.0. The molecule has 8 heteroatoms. The largest absolute Gasteiger partial charge is 0.383 e. The molecule has 146 valence electrons. The number of amidine groups is 1. The first-order valence-electron chi connectivity index (χ1n) is 8.74. The summed E-state index contributed by atoms with van der Waals surface area (Å²) >= 11 is 1.58. The van der Waals surface area contributed by atoms with Gasteiger partial charge in [0, 0.05) is 12.2 Å². The molecule has 2 aliphatic rings. The third-order valence-electron chi connectivity index (χ3n) is 4.84. The third-order valence-corrected chi connectivity index (χ3v) is 5.73. The first-order chi connectivity index (χ1) is 12.2. The van der Waals surface area contributed by atoms with Crippen LogP contribution in [-0.2, 0) is 11.2 Å². The molecule has 1 saturated heterocycles. The fourth-order valence-electron chi connectivity index (χ4n) is 3.55. The Morgan fingerprint density at radius 1 is 1.15 bits per heavy atom. The van der Waals surface area contributed by atoms with Crippen molar-refractivity contribution in [1.29, 1.82) is 0 Å². The van der Waals surface area contributed by atoms with Crippen molar-refractivity contribution in [3.63, 3.8) is 0 Å². The van der Waals surface area contributed by atoms with E-state index >= 15 is 0 Å². The number of benzene rings is 1. The molecular weight excluding hydrogens is 403 g/mol. The van der Waals surface area contributed by atoms with Crippen LogP contribution < -0.4 is 10.6 Å². The number of hydrogen-bond donors (Lipinski definition) is 1. The van der Waals surface area contributed by atoms with E-state index in [0.29, 0.717) is 12.4 Å². The Morgan fingerprint density at radius 3 is 2.63 bits per heavy atom. The Kier molecular flexibility index (Phi) is 7.68. The van der Waals surface area contributed by atoms with Crippen molar-refractivity contribution < 1.29 is 4.79 Å². The molecule has 2 aliphatic heterocycles.